The van der Waals surface area contributed by atoms with Crippen molar-refractivity contribution in [3.8, 4) is 22.4 Å². The molecule has 2 aliphatic rings. The number of hydrogen-bond donors (Lipinski definition) is 3. The lowest BCUT2D eigenvalue weighted by molar-refractivity contribution is 0.0966. The molecule has 7 nitrogen and oxygen atoms in total. The molecule has 1 amide bonds. The number of likely N-dealkylation sites (tertiary alicyclic amines) is 1. The molecule has 0 atom stereocenters. The molecule has 1 fully saturated rings. The number of hydrogen-bond acceptors (Lipinski definition) is 4. The fraction of sp³-hybridized carbons (Fsp3) is 0.276. The van der Waals surface area contributed by atoms with Crippen LogP contribution in [0.4, 0.5) is 5.69 Å². The van der Waals surface area contributed by atoms with Crippen molar-refractivity contribution < 1.29 is 13.2 Å². The molecule has 0 saturated carbocycles. The van der Waals surface area contributed by atoms with Crippen LogP contribution in [0.15, 0.2) is 60.7 Å². The molecule has 0 radical (unpaired) electrons. The van der Waals surface area contributed by atoms with E-state index in [-0.39, 0.29) is 5.91 Å². The van der Waals surface area contributed by atoms with Gasteiger partial charge in [0.1, 0.15) is 0 Å². The van der Waals surface area contributed by atoms with Crippen molar-refractivity contribution in [3.63, 3.8) is 0 Å². The van der Waals surface area contributed by atoms with Crippen LogP contribution in [0.2, 0.25) is 0 Å². The Kier molecular flexibility index (Phi) is 6.01. The Morgan fingerprint density at radius 2 is 1.68 bits per heavy atom. The van der Waals surface area contributed by atoms with Gasteiger partial charge in [-0.2, -0.15) is 0 Å². The Morgan fingerprint density at radius 3 is 2.43 bits per heavy atom. The van der Waals surface area contributed by atoms with E-state index in [1.165, 1.54) is 37.9 Å². The molecule has 3 heterocycles. The minimum atomic E-state index is -3.34. The summed E-state index contributed by atoms with van der Waals surface area (Å²) >= 11 is 0. The van der Waals surface area contributed by atoms with Gasteiger partial charge in [-0.25, -0.2) is 8.42 Å². The molecule has 0 spiro atoms. The van der Waals surface area contributed by atoms with E-state index in [0.717, 1.165) is 51.7 Å². The number of rotatable bonds is 6. The number of sulfonamides is 1. The average molecular weight is 515 g/mol. The van der Waals surface area contributed by atoms with Crippen LogP contribution < -0.4 is 10.0 Å². The summed E-state index contributed by atoms with van der Waals surface area (Å²) < 4.78 is 25.5. The van der Waals surface area contributed by atoms with Crippen LogP contribution in [0.3, 0.4) is 0 Å². The number of H-pyrrole nitrogens is 1. The normalized spacial score (nSPS) is 16.1. The van der Waals surface area contributed by atoms with Crippen LogP contribution in [-0.4, -0.2) is 43.6 Å². The van der Waals surface area contributed by atoms with Gasteiger partial charge in [0, 0.05) is 40.9 Å². The number of carbonyl (C=O) groups excluding carboxylic acids is 1. The fourth-order valence-corrected chi connectivity index (χ4v) is 6.14. The lowest BCUT2D eigenvalue weighted by Crippen LogP contribution is -2.28. The van der Waals surface area contributed by atoms with Crippen molar-refractivity contribution in [1.82, 2.24) is 15.2 Å². The molecule has 2 aliphatic heterocycles. The van der Waals surface area contributed by atoms with Crippen molar-refractivity contribution in [1.29, 1.82) is 0 Å². The van der Waals surface area contributed by atoms with Crippen LogP contribution in [0.1, 0.15) is 40.7 Å². The summed E-state index contributed by atoms with van der Waals surface area (Å²) in [6, 6.07) is 20.0. The molecule has 0 aliphatic carbocycles. The molecule has 1 saturated heterocycles. The molecule has 3 N–H and O–H groups in total. The largest absolute Gasteiger partial charge is 0.355 e. The quantitative estimate of drug-likeness (QED) is 0.334. The molecule has 3 aromatic carbocycles. The lowest BCUT2D eigenvalue weighted by Gasteiger charge is -2.26. The summed E-state index contributed by atoms with van der Waals surface area (Å²) in [5, 5.41) is 4.13. The summed E-state index contributed by atoms with van der Waals surface area (Å²) in [6.45, 7) is 3.77. The Morgan fingerprint density at radius 1 is 0.919 bits per heavy atom. The van der Waals surface area contributed by atoms with Gasteiger partial charge in [-0.1, -0.05) is 36.8 Å². The van der Waals surface area contributed by atoms with Crippen molar-refractivity contribution in [2.24, 2.45) is 0 Å². The zero-order valence-corrected chi connectivity index (χ0v) is 21.6. The first kappa shape index (κ1) is 23.8. The Labute approximate surface area is 216 Å². The van der Waals surface area contributed by atoms with Gasteiger partial charge in [0.15, 0.2) is 0 Å². The minimum Gasteiger partial charge on any atom is -0.355 e. The number of aromatic amines is 1. The fourth-order valence-electron chi connectivity index (χ4n) is 5.58. The van der Waals surface area contributed by atoms with Crippen LogP contribution in [0.5, 0.6) is 0 Å². The maximum Gasteiger partial charge on any atom is 0.252 e. The maximum absolute atomic E-state index is 12.9. The number of fused-ring (bicyclic) bond motifs is 2. The Hall–Kier alpha value is -3.62. The predicted octanol–water partition coefficient (Wildman–Crippen LogP) is 5.10. The number of amides is 1. The zero-order chi connectivity index (χ0) is 25.6. The van der Waals surface area contributed by atoms with Gasteiger partial charge in [-0.15, -0.1) is 0 Å². The topological polar surface area (TPSA) is 94.3 Å². The van der Waals surface area contributed by atoms with Gasteiger partial charge in [0.25, 0.3) is 5.91 Å². The standard InChI is InChI=1S/C29H30N4O3S/c1-37(35,36)32-22-8-6-20(7-9-22)23-10-11-24(28-25(23)17-30-29(28)34)27-16-21-15-19(5-12-26(21)31-27)18-33-13-3-2-4-14-33/h5-12,15-16,31-32H,2-4,13-14,17-18H2,1H3,(H,30,34). The second-order valence-electron chi connectivity index (χ2n) is 10.1. The van der Waals surface area contributed by atoms with Crippen molar-refractivity contribution >= 4 is 32.5 Å². The van der Waals surface area contributed by atoms with E-state index in [4.69, 9.17) is 0 Å². The molecular formula is C29H30N4O3S. The highest BCUT2D eigenvalue weighted by Crippen LogP contribution is 2.37. The smallest absolute Gasteiger partial charge is 0.252 e. The number of carbonyl (C=O) groups is 1. The van der Waals surface area contributed by atoms with E-state index in [2.05, 4.69) is 44.2 Å². The first-order valence-electron chi connectivity index (χ1n) is 12.7. The van der Waals surface area contributed by atoms with E-state index in [1.54, 1.807) is 12.1 Å². The highest BCUT2D eigenvalue weighted by molar-refractivity contribution is 7.92. The Balaban J connectivity index is 1.33. The maximum atomic E-state index is 12.9. The first-order chi connectivity index (χ1) is 17.8. The second-order valence-corrected chi connectivity index (χ2v) is 11.8. The lowest BCUT2D eigenvalue weighted by atomic mass is 9.92. The van der Waals surface area contributed by atoms with Crippen LogP contribution in [0.25, 0.3) is 33.3 Å². The number of piperidine rings is 1. The molecule has 0 bridgehead atoms. The van der Waals surface area contributed by atoms with Gasteiger partial charge in [-0.3, -0.25) is 14.4 Å². The number of benzene rings is 3. The average Bonchev–Trinajstić information content (AvgIpc) is 3.47. The van der Waals surface area contributed by atoms with E-state index >= 15 is 0 Å². The van der Waals surface area contributed by atoms with Crippen molar-refractivity contribution in [2.75, 3.05) is 24.1 Å². The Bertz CT molecular complexity index is 1600. The molecule has 4 aromatic rings. The molecule has 0 unspecified atom stereocenters. The number of nitrogens with zero attached hydrogens (tertiary/aromatic N) is 1. The second kappa shape index (κ2) is 9.36. The SMILES string of the molecule is CS(=O)(=O)Nc1ccc(-c2ccc(-c3cc4cc(CN5CCCCC5)ccc4[nH]3)c3c2CNC3=O)cc1. The third-order valence-electron chi connectivity index (χ3n) is 7.30. The summed E-state index contributed by atoms with van der Waals surface area (Å²) in [4.78, 5) is 19.0. The molecule has 8 heteroatoms. The predicted molar refractivity (Wildman–Crippen MR) is 148 cm³/mol. The third-order valence-corrected chi connectivity index (χ3v) is 7.90. The number of aromatic nitrogens is 1. The van der Waals surface area contributed by atoms with Gasteiger partial charge in [-0.05, 0) is 78.5 Å². The van der Waals surface area contributed by atoms with Crippen molar-refractivity contribution in [3.05, 3.63) is 77.4 Å². The molecule has 37 heavy (non-hydrogen) atoms. The number of nitrogens with one attached hydrogen (secondary N) is 3. The molecule has 190 valence electrons. The molecule has 6 rings (SSSR count). The summed E-state index contributed by atoms with van der Waals surface area (Å²) in [5.41, 5.74) is 8.23. The monoisotopic (exact) mass is 514 g/mol. The van der Waals surface area contributed by atoms with Crippen LogP contribution in [0, 0.1) is 0 Å². The molecular weight excluding hydrogens is 484 g/mol. The summed E-state index contributed by atoms with van der Waals surface area (Å²) in [6.07, 6.45) is 5.02. The van der Waals surface area contributed by atoms with E-state index in [0.29, 0.717) is 17.8 Å². The van der Waals surface area contributed by atoms with Gasteiger partial charge < -0.3 is 10.3 Å². The zero-order valence-electron chi connectivity index (χ0n) is 20.8. The highest BCUT2D eigenvalue weighted by Gasteiger charge is 2.27. The van der Waals surface area contributed by atoms with E-state index in [1.807, 2.05) is 24.3 Å². The number of anilines is 1. The van der Waals surface area contributed by atoms with Gasteiger partial charge in [0.05, 0.1) is 11.8 Å². The van der Waals surface area contributed by atoms with Crippen LogP contribution >= 0.6 is 0 Å². The minimum absolute atomic E-state index is 0.0772. The third kappa shape index (κ3) is 4.86. The summed E-state index contributed by atoms with van der Waals surface area (Å²) in [7, 11) is -3.34. The first-order valence-corrected chi connectivity index (χ1v) is 14.6. The van der Waals surface area contributed by atoms with Gasteiger partial charge >= 0.3 is 0 Å². The van der Waals surface area contributed by atoms with E-state index in [9.17, 15) is 13.2 Å². The van der Waals surface area contributed by atoms with E-state index < -0.39 is 10.0 Å². The summed E-state index contributed by atoms with van der Waals surface area (Å²) in [5.74, 6) is -0.0772. The highest BCUT2D eigenvalue weighted by atomic mass is 32.2. The van der Waals surface area contributed by atoms with Crippen molar-refractivity contribution in [2.45, 2.75) is 32.4 Å². The molecule has 1 aromatic heterocycles. The van der Waals surface area contributed by atoms with Crippen LogP contribution in [-0.2, 0) is 23.1 Å². The van der Waals surface area contributed by atoms with Gasteiger partial charge in [0.2, 0.25) is 10.0 Å².